The van der Waals surface area contributed by atoms with E-state index in [1.807, 2.05) is 18.2 Å². The Labute approximate surface area is 94.7 Å². The second-order valence-electron chi connectivity index (χ2n) is 3.43. The third-order valence-electron chi connectivity index (χ3n) is 2.60. The van der Waals surface area contributed by atoms with Crippen LogP contribution in [0.1, 0.15) is 5.56 Å². The highest BCUT2D eigenvalue weighted by Gasteiger charge is 2.52. The molecule has 0 radical (unpaired) electrons. The smallest absolute Gasteiger partial charge is 0.289 e. The van der Waals surface area contributed by atoms with Gasteiger partial charge in [-0.15, -0.1) is 0 Å². The lowest BCUT2D eigenvalue weighted by Crippen LogP contribution is -2.35. The van der Waals surface area contributed by atoms with Crippen molar-refractivity contribution in [2.75, 3.05) is 18.5 Å². The molecule has 0 aliphatic carbocycles. The van der Waals surface area contributed by atoms with Crippen molar-refractivity contribution in [3.05, 3.63) is 28.2 Å². The number of hydrogen-bond donors (Lipinski definition) is 1. The first-order chi connectivity index (χ1) is 7.24. The van der Waals surface area contributed by atoms with Gasteiger partial charge in [-0.3, -0.25) is 4.79 Å². The van der Waals surface area contributed by atoms with E-state index < -0.39 is 5.79 Å². The molecule has 4 nitrogen and oxygen atoms in total. The summed E-state index contributed by atoms with van der Waals surface area (Å²) in [5.74, 6) is -1.46. The van der Waals surface area contributed by atoms with Gasteiger partial charge in [-0.2, -0.15) is 0 Å². The molecule has 0 bridgehead atoms. The molecule has 1 N–H and O–H groups in total. The second kappa shape index (κ2) is 3.04. The minimum absolute atomic E-state index is 0.248. The van der Waals surface area contributed by atoms with Crippen LogP contribution in [0.5, 0.6) is 0 Å². The SMILES string of the molecule is O=C1Nc2c(Br)cccc2C12OCCO2. The number of benzene rings is 1. The summed E-state index contributed by atoms with van der Waals surface area (Å²) in [7, 11) is 0. The molecule has 0 unspecified atom stereocenters. The number of nitrogens with one attached hydrogen (secondary N) is 1. The summed E-state index contributed by atoms with van der Waals surface area (Å²) in [6.45, 7) is 0.888. The fourth-order valence-corrected chi connectivity index (χ4v) is 2.41. The zero-order valence-corrected chi connectivity index (χ0v) is 9.33. The number of carbonyl (C=O) groups is 1. The van der Waals surface area contributed by atoms with Crippen LogP contribution in [0.3, 0.4) is 0 Å². The Balaban J connectivity index is 2.21. The molecule has 78 valence electrons. The van der Waals surface area contributed by atoms with E-state index in [0.717, 1.165) is 15.7 Å². The number of amides is 1. The molecule has 2 heterocycles. The summed E-state index contributed by atoms with van der Waals surface area (Å²) in [6.07, 6.45) is 0. The van der Waals surface area contributed by atoms with Gasteiger partial charge in [0, 0.05) is 10.0 Å². The first kappa shape index (κ1) is 9.33. The molecular formula is C10H8BrNO3. The van der Waals surface area contributed by atoms with Gasteiger partial charge in [-0.05, 0) is 22.0 Å². The lowest BCUT2D eigenvalue weighted by Gasteiger charge is -2.18. The maximum Gasteiger partial charge on any atom is 0.289 e. The fourth-order valence-electron chi connectivity index (χ4n) is 1.94. The highest BCUT2D eigenvalue weighted by atomic mass is 79.9. The number of halogens is 1. The largest absolute Gasteiger partial charge is 0.336 e. The fraction of sp³-hybridized carbons (Fsp3) is 0.300. The number of fused-ring (bicyclic) bond motifs is 2. The van der Waals surface area contributed by atoms with Gasteiger partial charge >= 0.3 is 0 Å². The van der Waals surface area contributed by atoms with E-state index in [1.165, 1.54) is 0 Å². The number of rotatable bonds is 0. The molecule has 0 aromatic heterocycles. The number of para-hydroxylation sites is 1. The van der Waals surface area contributed by atoms with Crippen molar-refractivity contribution in [3.8, 4) is 0 Å². The van der Waals surface area contributed by atoms with Gasteiger partial charge in [-0.1, -0.05) is 12.1 Å². The molecule has 1 aromatic rings. The molecule has 1 spiro atoms. The molecule has 1 fully saturated rings. The van der Waals surface area contributed by atoms with Crippen LogP contribution in [0.25, 0.3) is 0 Å². The van der Waals surface area contributed by atoms with Crippen LogP contribution < -0.4 is 5.32 Å². The van der Waals surface area contributed by atoms with Crippen molar-refractivity contribution in [1.29, 1.82) is 0 Å². The summed E-state index contributed by atoms with van der Waals surface area (Å²) in [5, 5.41) is 2.76. The molecule has 1 saturated heterocycles. The van der Waals surface area contributed by atoms with Gasteiger partial charge in [-0.25, -0.2) is 0 Å². The average molecular weight is 270 g/mol. The van der Waals surface area contributed by atoms with Crippen molar-refractivity contribution in [2.45, 2.75) is 5.79 Å². The van der Waals surface area contributed by atoms with Crippen LogP contribution in [0.4, 0.5) is 5.69 Å². The first-order valence-electron chi connectivity index (χ1n) is 4.62. The lowest BCUT2D eigenvalue weighted by molar-refractivity contribution is -0.178. The normalized spacial score (nSPS) is 21.8. The molecule has 15 heavy (non-hydrogen) atoms. The zero-order valence-electron chi connectivity index (χ0n) is 7.75. The van der Waals surface area contributed by atoms with E-state index in [0.29, 0.717) is 13.2 Å². The van der Waals surface area contributed by atoms with E-state index in [4.69, 9.17) is 9.47 Å². The number of hydrogen-bond acceptors (Lipinski definition) is 3. The van der Waals surface area contributed by atoms with Crippen molar-refractivity contribution < 1.29 is 14.3 Å². The standard InChI is InChI=1S/C10H8BrNO3/c11-7-3-1-2-6-8(7)12-9(13)10(6)14-4-5-15-10/h1-3H,4-5H2,(H,12,13). The lowest BCUT2D eigenvalue weighted by atomic mass is 10.1. The van der Waals surface area contributed by atoms with Crippen molar-refractivity contribution in [1.82, 2.24) is 0 Å². The number of ether oxygens (including phenoxy) is 2. The van der Waals surface area contributed by atoms with E-state index in [2.05, 4.69) is 21.2 Å². The molecule has 1 aromatic carbocycles. The second-order valence-corrected chi connectivity index (χ2v) is 4.28. The van der Waals surface area contributed by atoms with Gasteiger partial charge in [0.25, 0.3) is 11.7 Å². The van der Waals surface area contributed by atoms with Crippen LogP contribution in [0.2, 0.25) is 0 Å². The van der Waals surface area contributed by atoms with Gasteiger partial charge in [0.2, 0.25) is 0 Å². The molecule has 2 aliphatic heterocycles. The summed E-state index contributed by atoms with van der Waals surface area (Å²) in [5.41, 5.74) is 1.49. The Hall–Kier alpha value is -0.910. The highest BCUT2D eigenvalue weighted by molar-refractivity contribution is 9.10. The predicted molar refractivity (Wildman–Crippen MR) is 56.4 cm³/mol. The molecule has 3 rings (SSSR count). The summed E-state index contributed by atoms with van der Waals surface area (Å²) < 4.78 is 11.7. The summed E-state index contributed by atoms with van der Waals surface area (Å²) >= 11 is 3.38. The zero-order chi connectivity index (χ0) is 10.5. The highest BCUT2D eigenvalue weighted by Crippen LogP contribution is 2.44. The first-order valence-corrected chi connectivity index (χ1v) is 5.42. The Morgan fingerprint density at radius 2 is 2.07 bits per heavy atom. The Morgan fingerprint density at radius 1 is 1.33 bits per heavy atom. The quantitative estimate of drug-likeness (QED) is 0.779. The molecule has 0 atom stereocenters. The Kier molecular flexibility index (Phi) is 1.89. The third kappa shape index (κ3) is 1.11. The van der Waals surface area contributed by atoms with E-state index in [-0.39, 0.29) is 5.91 Å². The van der Waals surface area contributed by atoms with Gasteiger partial charge in [0.1, 0.15) is 0 Å². The molecule has 5 heteroatoms. The monoisotopic (exact) mass is 269 g/mol. The van der Waals surface area contributed by atoms with Crippen molar-refractivity contribution in [2.24, 2.45) is 0 Å². The van der Waals surface area contributed by atoms with Crippen LogP contribution in [-0.4, -0.2) is 19.1 Å². The topological polar surface area (TPSA) is 47.6 Å². The third-order valence-corrected chi connectivity index (χ3v) is 3.26. The minimum Gasteiger partial charge on any atom is -0.336 e. The number of carbonyl (C=O) groups excluding carboxylic acids is 1. The van der Waals surface area contributed by atoms with Crippen molar-refractivity contribution in [3.63, 3.8) is 0 Å². The Morgan fingerprint density at radius 3 is 2.80 bits per heavy atom. The molecule has 0 saturated carbocycles. The predicted octanol–water partition coefficient (Wildman–Crippen LogP) is 1.60. The van der Waals surface area contributed by atoms with E-state index in [1.54, 1.807) is 0 Å². The molecule has 2 aliphatic rings. The van der Waals surface area contributed by atoms with Gasteiger partial charge in [0.05, 0.1) is 18.9 Å². The van der Waals surface area contributed by atoms with Crippen LogP contribution in [0, 0.1) is 0 Å². The minimum atomic E-state index is -1.21. The van der Waals surface area contributed by atoms with Crippen molar-refractivity contribution >= 4 is 27.5 Å². The molecule has 1 amide bonds. The van der Waals surface area contributed by atoms with Crippen LogP contribution >= 0.6 is 15.9 Å². The molecular weight excluding hydrogens is 262 g/mol. The van der Waals surface area contributed by atoms with Gasteiger partial charge in [0.15, 0.2) is 0 Å². The summed E-state index contributed by atoms with van der Waals surface area (Å²) in [6, 6.07) is 5.56. The average Bonchev–Trinajstić information content (AvgIpc) is 2.79. The maximum atomic E-state index is 11.8. The van der Waals surface area contributed by atoms with Crippen LogP contribution in [-0.2, 0) is 20.1 Å². The maximum absolute atomic E-state index is 11.8. The van der Waals surface area contributed by atoms with Crippen LogP contribution in [0.15, 0.2) is 22.7 Å². The van der Waals surface area contributed by atoms with Gasteiger partial charge < -0.3 is 14.8 Å². The Bertz CT molecular complexity index is 440. The number of anilines is 1. The summed E-state index contributed by atoms with van der Waals surface area (Å²) in [4.78, 5) is 11.8. The van der Waals surface area contributed by atoms with E-state index >= 15 is 0 Å². The van der Waals surface area contributed by atoms with E-state index in [9.17, 15) is 4.79 Å².